The van der Waals surface area contributed by atoms with E-state index < -0.39 is 29.7 Å². The highest BCUT2D eigenvalue weighted by Gasteiger charge is 2.51. The zero-order valence-corrected chi connectivity index (χ0v) is 18.3. The number of halogens is 3. The average Bonchev–Trinajstić information content (AvgIpc) is 3.52. The molecule has 182 valence electrons. The summed E-state index contributed by atoms with van der Waals surface area (Å²) in [5, 5.41) is 7.18. The number of hydrogen-bond donors (Lipinski definition) is 2. The number of fused-ring (bicyclic) bond motifs is 3. The predicted octanol–water partition coefficient (Wildman–Crippen LogP) is 2.57. The van der Waals surface area contributed by atoms with Crippen LogP contribution in [-0.4, -0.2) is 49.5 Å². The Kier molecular flexibility index (Phi) is 5.45. The number of carbonyl (C=O) groups excluding carboxylic acids is 3. The fourth-order valence-electron chi connectivity index (χ4n) is 5.19. The summed E-state index contributed by atoms with van der Waals surface area (Å²) in [4.78, 5) is 43.3. The summed E-state index contributed by atoms with van der Waals surface area (Å²) >= 11 is 0. The van der Waals surface area contributed by atoms with Gasteiger partial charge in [0.15, 0.2) is 5.69 Å². The maximum atomic E-state index is 13.4. The molecule has 3 N–H and O–H groups in total. The third kappa shape index (κ3) is 4.08. The van der Waals surface area contributed by atoms with Crippen molar-refractivity contribution in [2.24, 2.45) is 11.7 Å². The van der Waals surface area contributed by atoms with Crippen LogP contribution in [0.3, 0.4) is 0 Å². The standard InChI is InChI=1S/C23H21F3N6O3/c24-23(25,26)16-6-3-7-17(28-16)29-22(35)20-12-8-9-13(10-12)32(20)18(33)11-31-15-5-2-1-4-14(15)19(30-31)21(27)34/h1-7,12-13,20H,8-11H2,(H2,27,34)(H,28,29,35)/t12-,13+,20-/m1/s1. The number of rotatable bonds is 5. The van der Waals surface area contributed by atoms with Gasteiger partial charge in [-0.05, 0) is 43.4 Å². The van der Waals surface area contributed by atoms with Gasteiger partial charge in [0.1, 0.15) is 24.1 Å². The molecule has 0 radical (unpaired) electrons. The van der Waals surface area contributed by atoms with Gasteiger partial charge in [0.05, 0.1) is 5.52 Å². The minimum atomic E-state index is -4.65. The number of anilines is 1. The van der Waals surface area contributed by atoms with Gasteiger partial charge in [0, 0.05) is 11.4 Å². The molecule has 2 fully saturated rings. The monoisotopic (exact) mass is 486 g/mol. The van der Waals surface area contributed by atoms with Crippen molar-refractivity contribution in [1.82, 2.24) is 19.7 Å². The Morgan fingerprint density at radius 1 is 1.09 bits per heavy atom. The summed E-state index contributed by atoms with van der Waals surface area (Å²) in [6.07, 6.45) is -2.55. The maximum Gasteiger partial charge on any atom is 0.433 e. The van der Waals surface area contributed by atoms with Crippen LogP contribution in [0.4, 0.5) is 19.0 Å². The van der Waals surface area contributed by atoms with Crippen molar-refractivity contribution in [2.45, 2.75) is 44.1 Å². The maximum absolute atomic E-state index is 13.4. The van der Waals surface area contributed by atoms with Crippen LogP contribution >= 0.6 is 0 Å². The second-order valence-electron chi connectivity index (χ2n) is 8.76. The highest BCUT2D eigenvalue weighted by Crippen LogP contribution is 2.43. The Labute approximate surface area is 197 Å². The number of aromatic nitrogens is 3. The number of nitrogens with zero attached hydrogens (tertiary/aromatic N) is 4. The van der Waals surface area contributed by atoms with Gasteiger partial charge in [0.2, 0.25) is 11.8 Å². The number of likely N-dealkylation sites (tertiary alicyclic amines) is 1. The third-order valence-corrected chi connectivity index (χ3v) is 6.61. The molecule has 3 aromatic rings. The summed E-state index contributed by atoms with van der Waals surface area (Å²) in [5.41, 5.74) is 4.90. The number of amides is 3. The molecule has 0 spiro atoms. The Hall–Kier alpha value is -3.96. The van der Waals surface area contributed by atoms with Crippen LogP contribution in [0.2, 0.25) is 0 Å². The number of primary amides is 1. The van der Waals surface area contributed by atoms with Crippen LogP contribution in [0.1, 0.15) is 35.4 Å². The number of benzene rings is 1. The van der Waals surface area contributed by atoms with Crippen LogP contribution < -0.4 is 11.1 Å². The van der Waals surface area contributed by atoms with Gasteiger partial charge in [-0.3, -0.25) is 19.1 Å². The number of nitrogens with one attached hydrogen (secondary N) is 1. The van der Waals surface area contributed by atoms with Gasteiger partial charge < -0.3 is 16.0 Å². The Bertz CT molecular complexity index is 1340. The largest absolute Gasteiger partial charge is 0.433 e. The van der Waals surface area contributed by atoms with Crippen molar-refractivity contribution in [3.05, 3.63) is 53.9 Å². The number of pyridine rings is 1. The first-order chi connectivity index (χ1) is 16.6. The van der Waals surface area contributed by atoms with Gasteiger partial charge in [0.25, 0.3) is 5.91 Å². The second-order valence-corrected chi connectivity index (χ2v) is 8.76. The zero-order valence-electron chi connectivity index (χ0n) is 18.3. The summed E-state index contributed by atoms with van der Waals surface area (Å²) < 4.78 is 40.4. The number of piperidine rings is 1. The zero-order chi connectivity index (χ0) is 24.9. The minimum absolute atomic E-state index is 0.0428. The molecular formula is C23H21F3N6O3. The molecule has 2 aliphatic rings. The van der Waals surface area contributed by atoms with E-state index in [1.807, 2.05) is 0 Å². The Morgan fingerprint density at radius 2 is 1.86 bits per heavy atom. The van der Waals surface area contributed by atoms with E-state index in [0.29, 0.717) is 17.3 Å². The average molecular weight is 486 g/mol. The highest BCUT2D eigenvalue weighted by molar-refractivity contribution is 6.04. The van der Waals surface area contributed by atoms with Crippen molar-refractivity contribution in [3.63, 3.8) is 0 Å². The lowest BCUT2D eigenvalue weighted by Gasteiger charge is -2.34. The molecule has 1 saturated carbocycles. The molecular weight excluding hydrogens is 465 g/mol. The fraction of sp³-hybridized carbons (Fsp3) is 0.348. The molecule has 3 heterocycles. The smallest absolute Gasteiger partial charge is 0.364 e. The molecule has 35 heavy (non-hydrogen) atoms. The minimum Gasteiger partial charge on any atom is -0.364 e. The van der Waals surface area contributed by atoms with Gasteiger partial charge >= 0.3 is 6.18 Å². The van der Waals surface area contributed by atoms with Crippen LogP contribution in [0.25, 0.3) is 10.9 Å². The lowest BCUT2D eigenvalue weighted by atomic mass is 9.97. The highest BCUT2D eigenvalue weighted by atomic mass is 19.4. The van der Waals surface area contributed by atoms with E-state index in [1.165, 1.54) is 15.6 Å². The number of carbonyl (C=O) groups is 3. The third-order valence-electron chi connectivity index (χ3n) is 6.61. The first-order valence-corrected chi connectivity index (χ1v) is 11.0. The lowest BCUT2D eigenvalue weighted by Crippen LogP contribution is -2.52. The molecule has 1 aliphatic carbocycles. The summed E-state index contributed by atoms with van der Waals surface area (Å²) in [6.45, 7) is -0.220. The van der Waals surface area contributed by atoms with Crippen molar-refractivity contribution in [2.75, 3.05) is 5.32 Å². The molecule has 12 heteroatoms. The van der Waals surface area contributed by atoms with E-state index in [4.69, 9.17) is 5.73 Å². The lowest BCUT2D eigenvalue weighted by molar-refractivity contribution is -0.141. The van der Waals surface area contributed by atoms with Gasteiger partial charge in [-0.1, -0.05) is 24.3 Å². The number of nitrogens with two attached hydrogens (primary N) is 1. The van der Waals surface area contributed by atoms with Crippen molar-refractivity contribution in [1.29, 1.82) is 0 Å². The molecule has 3 atom stereocenters. The molecule has 9 nitrogen and oxygen atoms in total. The normalized spacial score (nSPS) is 21.5. The van der Waals surface area contributed by atoms with Gasteiger partial charge in [-0.2, -0.15) is 18.3 Å². The first kappa shape index (κ1) is 22.8. The SMILES string of the molecule is NC(=O)c1nn(CC(=O)N2[C@H]3CC[C@H](C3)[C@@H]2C(=O)Nc2cccc(C(F)(F)F)n2)c2ccccc12. The quantitative estimate of drug-likeness (QED) is 0.574. The molecule has 2 bridgehead atoms. The summed E-state index contributed by atoms with van der Waals surface area (Å²) in [7, 11) is 0. The van der Waals surface area contributed by atoms with E-state index in [0.717, 1.165) is 25.0 Å². The Morgan fingerprint density at radius 3 is 2.60 bits per heavy atom. The summed E-state index contributed by atoms with van der Waals surface area (Å²) in [6, 6.07) is 9.11. The van der Waals surface area contributed by atoms with E-state index in [9.17, 15) is 27.6 Å². The molecule has 5 rings (SSSR count). The molecule has 3 amide bonds. The number of hydrogen-bond acceptors (Lipinski definition) is 5. The van der Waals surface area contributed by atoms with E-state index in [1.54, 1.807) is 24.3 Å². The molecule has 2 aromatic heterocycles. The van der Waals surface area contributed by atoms with E-state index in [-0.39, 0.29) is 35.9 Å². The van der Waals surface area contributed by atoms with Crippen LogP contribution in [0, 0.1) is 5.92 Å². The number of alkyl halides is 3. The molecule has 1 aromatic carbocycles. The first-order valence-electron chi connectivity index (χ1n) is 11.0. The van der Waals surface area contributed by atoms with Crippen molar-refractivity contribution < 1.29 is 27.6 Å². The van der Waals surface area contributed by atoms with Gasteiger partial charge in [-0.15, -0.1) is 0 Å². The molecule has 1 saturated heterocycles. The Balaban J connectivity index is 1.39. The molecule has 0 unspecified atom stereocenters. The van der Waals surface area contributed by atoms with Crippen molar-refractivity contribution >= 4 is 34.4 Å². The van der Waals surface area contributed by atoms with Crippen molar-refractivity contribution in [3.8, 4) is 0 Å². The second kappa shape index (κ2) is 8.36. The van der Waals surface area contributed by atoms with Gasteiger partial charge in [-0.25, -0.2) is 4.98 Å². The molecule has 1 aliphatic heterocycles. The predicted molar refractivity (Wildman–Crippen MR) is 118 cm³/mol. The van der Waals surface area contributed by atoms with Crippen LogP contribution in [0.15, 0.2) is 42.5 Å². The van der Waals surface area contributed by atoms with E-state index in [2.05, 4.69) is 15.4 Å². The topological polar surface area (TPSA) is 123 Å². The fourth-order valence-corrected chi connectivity index (χ4v) is 5.19. The van der Waals surface area contributed by atoms with Crippen LogP contribution in [-0.2, 0) is 22.3 Å². The van der Waals surface area contributed by atoms with Crippen LogP contribution in [0.5, 0.6) is 0 Å². The van der Waals surface area contributed by atoms with E-state index >= 15 is 0 Å². The summed E-state index contributed by atoms with van der Waals surface area (Å²) in [5.74, 6) is -2.02. The number of para-hydroxylation sites is 1.